The Kier molecular flexibility index (Phi) is 7.28. The maximum Gasteiger partial charge on any atom is 0.192 e. The Morgan fingerprint density at radius 2 is 1.87 bits per heavy atom. The van der Waals surface area contributed by atoms with Crippen LogP contribution in [0.15, 0.2) is 35.5 Å². The Morgan fingerprint density at radius 1 is 1.16 bits per heavy atom. The molecule has 3 saturated carbocycles. The molecule has 3 heteroatoms. The van der Waals surface area contributed by atoms with Gasteiger partial charge in [0.15, 0.2) is 8.32 Å². The molecular formula is C28H46O2Si. The molecular weight excluding hydrogens is 396 g/mol. The number of aldehydes is 1. The molecule has 31 heavy (non-hydrogen) atoms. The lowest BCUT2D eigenvalue weighted by Gasteiger charge is -2.43. The molecule has 0 N–H and O–H groups in total. The molecule has 0 aromatic heterocycles. The van der Waals surface area contributed by atoms with Crippen LogP contribution in [-0.4, -0.2) is 20.7 Å². The van der Waals surface area contributed by atoms with Crippen LogP contribution in [0.1, 0.15) is 86.0 Å². The van der Waals surface area contributed by atoms with E-state index in [-0.39, 0.29) is 11.0 Å². The van der Waals surface area contributed by atoms with E-state index in [2.05, 4.69) is 66.4 Å². The SMILES string of the molecule is C=C1CC[C@H](O[Si](C)(C)C(C)(C)C)C/C1=C/C=C1\CCC[C@]2(C)[C@@H](C(C)C=O)CC[C@@H]12. The molecule has 3 rings (SSSR count). The molecule has 2 nitrogen and oxygen atoms in total. The Hall–Kier alpha value is -0.933. The van der Waals surface area contributed by atoms with Gasteiger partial charge in [-0.1, -0.05) is 64.5 Å². The Balaban J connectivity index is 1.76. The standard InChI is InChI=1S/C28H46O2Si/c1-20-11-14-24(30-31(7,8)27(3,4)5)18-23(20)13-12-22-10-9-17-28(6)25(21(2)19-29)15-16-26(22)28/h12-13,19,21,24-26H,1,9-11,14-18H2,2-8H3/b22-12+,23-13-/t21?,24-,25+,26-,28+/m0/s1. The summed E-state index contributed by atoms with van der Waals surface area (Å²) in [5.74, 6) is 1.36. The number of fused-ring (bicyclic) bond motifs is 1. The van der Waals surface area contributed by atoms with Gasteiger partial charge in [-0.25, -0.2) is 0 Å². The summed E-state index contributed by atoms with van der Waals surface area (Å²) >= 11 is 0. The summed E-state index contributed by atoms with van der Waals surface area (Å²) in [6.07, 6.45) is 15.7. The van der Waals surface area contributed by atoms with Crippen molar-refractivity contribution in [2.24, 2.45) is 23.2 Å². The van der Waals surface area contributed by atoms with E-state index in [4.69, 9.17) is 4.43 Å². The quantitative estimate of drug-likeness (QED) is 0.318. The third-order valence-electron chi connectivity index (χ3n) is 9.32. The summed E-state index contributed by atoms with van der Waals surface area (Å²) in [4.78, 5) is 11.5. The van der Waals surface area contributed by atoms with Crippen molar-refractivity contribution in [3.05, 3.63) is 35.5 Å². The summed E-state index contributed by atoms with van der Waals surface area (Å²) in [7, 11) is -1.75. The van der Waals surface area contributed by atoms with E-state index in [1.807, 2.05) is 0 Å². The van der Waals surface area contributed by atoms with Gasteiger partial charge in [0.1, 0.15) is 6.29 Å². The Labute approximate surface area is 192 Å². The Bertz CT molecular complexity index is 753. The van der Waals surface area contributed by atoms with Gasteiger partial charge in [0.2, 0.25) is 0 Å². The number of hydrogen-bond acceptors (Lipinski definition) is 2. The smallest absolute Gasteiger partial charge is 0.192 e. The highest BCUT2D eigenvalue weighted by molar-refractivity contribution is 6.74. The first kappa shape index (κ1) is 24.7. The number of rotatable bonds is 5. The topological polar surface area (TPSA) is 26.3 Å². The first-order valence-electron chi connectivity index (χ1n) is 12.6. The first-order chi connectivity index (χ1) is 14.4. The van der Waals surface area contributed by atoms with Crippen molar-refractivity contribution in [2.75, 3.05) is 0 Å². The minimum Gasteiger partial charge on any atom is -0.414 e. The maximum absolute atomic E-state index is 11.5. The molecule has 0 bridgehead atoms. The van der Waals surface area contributed by atoms with Crippen molar-refractivity contribution in [2.45, 2.75) is 110 Å². The van der Waals surface area contributed by atoms with Crippen LogP contribution in [-0.2, 0) is 9.22 Å². The monoisotopic (exact) mass is 442 g/mol. The van der Waals surface area contributed by atoms with Crippen LogP contribution in [0.3, 0.4) is 0 Å². The molecule has 174 valence electrons. The van der Waals surface area contributed by atoms with Gasteiger partial charge in [-0.05, 0) is 92.3 Å². The molecule has 0 spiro atoms. The molecule has 0 amide bonds. The fourth-order valence-corrected chi connectivity index (χ4v) is 7.70. The summed E-state index contributed by atoms with van der Waals surface area (Å²) < 4.78 is 6.75. The van der Waals surface area contributed by atoms with Gasteiger partial charge in [0, 0.05) is 12.0 Å². The van der Waals surface area contributed by atoms with Crippen LogP contribution in [0.5, 0.6) is 0 Å². The number of hydrogen-bond donors (Lipinski definition) is 0. The number of allylic oxidation sites excluding steroid dienone is 4. The molecule has 0 saturated heterocycles. The first-order valence-corrected chi connectivity index (χ1v) is 15.5. The van der Waals surface area contributed by atoms with Crippen molar-refractivity contribution in [1.82, 2.24) is 0 Å². The summed E-state index contributed by atoms with van der Waals surface area (Å²) in [5.41, 5.74) is 4.59. The second kappa shape index (κ2) is 9.13. The minimum absolute atomic E-state index is 0.180. The number of carbonyl (C=O) groups is 1. The van der Waals surface area contributed by atoms with E-state index in [9.17, 15) is 4.79 Å². The fraction of sp³-hybridized carbons (Fsp3) is 0.750. The van der Waals surface area contributed by atoms with Gasteiger partial charge in [-0.15, -0.1) is 0 Å². The molecule has 0 aliphatic heterocycles. The van der Waals surface area contributed by atoms with Gasteiger partial charge >= 0.3 is 0 Å². The van der Waals surface area contributed by atoms with Crippen LogP contribution in [0.4, 0.5) is 0 Å². The van der Waals surface area contributed by atoms with Crippen molar-refractivity contribution in [3.8, 4) is 0 Å². The van der Waals surface area contributed by atoms with Crippen molar-refractivity contribution < 1.29 is 9.22 Å². The summed E-state index contributed by atoms with van der Waals surface area (Å²) in [6, 6.07) is 0. The lowest BCUT2D eigenvalue weighted by Crippen LogP contribution is -2.44. The van der Waals surface area contributed by atoms with E-state index in [1.165, 1.54) is 49.5 Å². The van der Waals surface area contributed by atoms with Gasteiger partial charge in [-0.3, -0.25) is 0 Å². The van der Waals surface area contributed by atoms with E-state index in [1.54, 1.807) is 5.57 Å². The third-order valence-corrected chi connectivity index (χ3v) is 13.9. The molecule has 3 aliphatic rings. The average Bonchev–Trinajstić information content (AvgIpc) is 3.04. The Morgan fingerprint density at radius 3 is 2.52 bits per heavy atom. The van der Waals surface area contributed by atoms with Crippen LogP contribution in [0, 0.1) is 23.2 Å². The highest BCUT2D eigenvalue weighted by atomic mass is 28.4. The molecule has 0 heterocycles. The zero-order valence-corrected chi connectivity index (χ0v) is 22.2. The van der Waals surface area contributed by atoms with Crippen LogP contribution < -0.4 is 0 Å². The van der Waals surface area contributed by atoms with E-state index >= 15 is 0 Å². The lowest BCUT2D eigenvalue weighted by molar-refractivity contribution is -0.113. The average molecular weight is 443 g/mol. The van der Waals surface area contributed by atoms with E-state index in [0.717, 1.165) is 19.3 Å². The van der Waals surface area contributed by atoms with Crippen LogP contribution >= 0.6 is 0 Å². The predicted octanol–water partition coefficient (Wildman–Crippen LogP) is 8.02. The van der Waals surface area contributed by atoms with Crippen molar-refractivity contribution in [1.29, 1.82) is 0 Å². The second-order valence-corrected chi connectivity index (χ2v) is 17.1. The lowest BCUT2D eigenvalue weighted by atomic mass is 9.61. The van der Waals surface area contributed by atoms with Gasteiger partial charge in [-0.2, -0.15) is 0 Å². The van der Waals surface area contributed by atoms with Crippen molar-refractivity contribution in [3.63, 3.8) is 0 Å². The van der Waals surface area contributed by atoms with Gasteiger partial charge in [0.05, 0.1) is 0 Å². The molecule has 3 fully saturated rings. The maximum atomic E-state index is 11.5. The normalized spacial score (nSPS) is 36.0. The zero-order valence-electron chi connectivity index (χ0n) is 21.2. The summed E-state index contributed by atoms with van der Waals surface area (Å²) in [6.45, 7) is 20.7. The molecule has 3 aliphatic carbocycles. The minimum atomic E-state index is -1.75. The molecule has 5 atom stereocenters. The van der Waals surface area contributed by atoms with E-state index in [0.29, 0.717) is 23.4 Å². The van der Waals surface area contributed by atoms with E-state index < -0.39 is 8.32 Å². The van der Waals surface area contributed by atoms with Crippen molar-refractivity contribution >= 4 is 14.6 Å². The highest BCUT2D eigenvalue weighted by Gasteiger charge is 2.50. The molecule has 0 radical (unpaired) electrons. The van der Waals surface area contributed by atoms with Crippen LogP contribution in [0.25, 0.3) is 0 Å². The largest absolute Gasteiger partial charge is 0.414 e. The van der Waals surface area contributed by atoms with Gasteiger partial charge < -0.3 is 9.22 Å². The fourth-order valence-electron chi connectivity index (χ4n) is 6.31. The molecule has 0 aromatic carbocycles. The third kappa shape index (κ3) is 5.03. The molecule has 1 unspecified atom stereocenters. The highest BCUT2D eigenvalue weighted by Crippen LogP contribution is 2.59. The zero-order chi connectivity index (χ0) is 23.0. The number of carbonyl (C=O) groups excluding carboxylic acids is 1. The second-order valence-electron chi connectivity index (χ2n) is 12.4. The van der Waals surface area contributed by atoms with Crippen LogP contribution in [0.2, 0.25) is 18.1 Å². The summed E-state index contributed by atoms with van der Waals surface area (Å²) in [5, 5.41) is 0.248. The predicted molar refractivity (Wildman–Crippen MR) is 135 cm³/mol. The molecule has 0 aromatic rings. The van der Waals surface area contributed by atoms with Gasteiger partial charge in [0.25, 0.3) is 0 Å².